The molecular weight excluding hydrogens is 362 g/mol. The lowest BCUT2D eigenvalue weighted by Gasteiger charge is -2.25. The maximum Gasteiger partial charge on any atom is 0.0462 e. The zero-order chi connectivity index (χ0) is 20.9. The minimum absolute atomic E-state index is 1.15. The molecular formula is C29H27N. The van der Waals surface area contributed by atoms with Crippen LogP contribution >= 0.6 is 0 Å². The summed E-state index contributed by atoms with van der Waals surface area (Å²) in [4.78, 5) is 2.30. The average molecular weight is 390 g/mol. The summed E-state index contributed by atoms with van der Waals surface area (Å²) in [6, 6.07) is 34.7. The van der Waals surface area contributed by atoms with E-state index in [1.807, 2.05) is 0 Å². The third-order valence-corrected chi connectivity index (χ3v) is 5.28. The lowest BCUT2D eigenvalue weighted by atomic mass is 10.1. The van der Waals surface area contributed by atoms with E-state index in [0.717, 1.165) is 17.1 Å². The van der Waals surface area contributed by atoms with E-state index in [1.165, 1.54) is 27.8 Å². The summed E-state index contributed by atoms with van der Waals surface area (Å²) in [6.07, 6.45) is 4.32. The first-order chi connectivity index (χ1) is 14.6. The molecule has 0 amide bonds. The van der Waals surface area contributed by atoms with Gasteiger partial charge in [-0.2, -0.15) is 0 Å². The first-order valence-electron chi connectivity index (χ1n) is 10.4. The predicted octanol–water partition coefficient (Wildman–Crippen LogP) is 8.25. The summed E-state index contributed by atoms with van der Waals surface area (Å²) in [7, 11) is 0. The van der Waals surface area contributed by atoms with Gasteiger partial charge in [-0.1, -0.05) is 89.5 Å². The van der Waals surface area contributed by atoms with Gasteiger partial charge in [-0.25, -0.2) is 0 Å². The molecule has 0 saturated heterocycles. The van der Waals surface area contributed by atoms with Gasteiger partial charge in [-0.3, -0.25) is 0 Å². The molecule has 0 radical (unpaired) electrons. The summed E-state index contributed by atoms with van der Waals surface area (Å²) in [5.41, 5.74) is 9.68. The van der Waals surface area contributed by atoms with Crippen molar-refractivity contribution in [3.63, 3.8) is 0 Å². The molecule has 4 rings (SSSR count). The van der Waals surface area contributed by atoms with E-state index >= 15 is 0 Å². The van der Waals surface area contributed by atoms with Crippen molar-refractivity contribution in [2.75, 3.05) is 4.90 Å². The normalized spacial score (nSPS) is 11.0. The van der Waals surface area contributed by atoms with Gasteiger partial charge in [0.05, 0.1) is 0 Å². The second-order valence-electron chi connectivity index (χ2n) is 7.84. The second-order valence-corrected chi connectivity index (χ2v) is 7.84. The fraction of sp³-hybridized carbons (Fsp3) is 0.103. The Morgan fingerprint density at radius 3 is 1.03 bits per heavy atom. The van der Waals surface area contributed by atoms with Crippen LogP contribution in [0.15, 0.2) is 97.1 Å². The van der Waals surface area contributed by atoms with Crippen molar-refractivity contribution in [3.05, 3.63) is 125 Å². The molecule has 30 heavy (non-hydrogen) atoms. The largest absolute Gasteiger partial charge is 0.311 e. The van der Waals surface area contributed by atoms with Crippen molar-refractivity contribution >= 4 is 29.2 Å². The number of rotatable bonds is 5. The van der Waals surface area contributed by atoms with Crippen LogP contribution < -0.4 is 4.90 Å². The van der Waals surface area contributed by atoms with Crippen LogP contribution in [0.2, 0.25) is 0 Å². The van der Waals surface area contributed by atoms with Crippen LogP contribution in [0.25, 0.3) is 12.2 Å². The van der Waals surface area contributed by atoms with E-state index in [-0.39, 0.29) is 0 Å². The quantitative estimate of drug-likeness (QED) is 0.311. The molecule has 4 aromatic carbocycles. The molecule has 0 N–H and O–H groups in total. The molecule has 0 aliphatic carbocycles. The first kappa shape index (κ1) is 19.7. The lowest BCUT2D eigenvalue weighted by molar-refractivity contribution is 1.27. The molecule has 1 heteroatoms. The van der Waals surface area contributed by atoms with E-state index in [4.69, 9.17) is 0 Å². The monoisotopic (exact) mass is 389 g/mol. The molecule has 0 spiro atoms. The van der Waals surface area contributed by atoms with Crippen LogP contribution in [0.3, 0.4) is 0 Å². The fourth-order valence-corrected chi connectivity index (χ4v) is 3.44. The van der Waals surface area contributed by atoms with Gasteiger partial charge in [-0.15, -0.1) is 0 Å². The Bertz CT molecular complexity index is 1070. The minimum atomic E-state index is 1.15. The van der Waals surface area contributed by atoms with Gasteiger partial charge in [-0.05, 0) is 68.3 Å². The Balaban J connectivity index is 1.64. The van der Waals surface area contributed by atoms with Gasteiger partial charge in [0.15, 0.2) is 0 Å². The first-order valence-corrected chi connectivity index (χ1v) is 10.4. The highest BCUT2D eigenvalue weighted by atomic mass is 15.1. The minimum Gasteiger partial charge on any atom is -0.311 e. The van der Waals surface area contributed by atoms with Crippen LogP contribution in [0.1, 0.15) is 27.8 Å². The van der Waals surface area contributed by atoms with E-state index in [0.29, 0.717) is 0 Å². The number of anilines is 3. The van der Waals surface area contributed by atoms with Crippen molar-refractivity contribution in [2.24, 2.45) is 0 Å². The average Bonchev–Trinajstić information content (AvgIpc) is 2.77. The Morgan fingerprint density at radius 1 is 0.400 bits per heavy atom. The number of hydrogen-bond acceptors (Lipinski definition) is 1. The predicted molar refractivity (Wildman–Crippen MR) is 131 cm³/mol. The van der Waals surface area contributed by atoms with Gasteiger partial charge >= 0.3 is 0 Å². The van der Waals surface area contributed by atoms with Crippen LogP contribution in [0.5, 0.6) is 0 Å². The van der Waals surface area contributed by atoms with Crippen molar-refractivity contribution in [3.8, 4) is 0 Å². The van der Waals surface area contributed by atoms with E-state index in [1.54, 1.807) is 0 Å². The molecule has 0 aliphatic rings. The Kier molecular flexibility index (Phi) is 5.81. The van der Waals surface area contributed by atoms with E-state index in [9.17, 15) is 0 Å². The maximum atomic E-state index is 2.30. The van der Waals surface area contributed by atoms with Crippen molar-refractivity contribution in [2.45, 2.75) is 20.8 Å². The van der Waals surface area contributed by atoms with E-state index in [2.05, 4.69) is 135 Å². The summed E-state index contributed by atoms with van der Waals surface area (Å²) >= 11 is 0. The fourth-order valence-electron chi connectivity index (χ4n) is 3.44. The van der Waals surface area contributed by atoms with Gasteiger partial charge in [0.25, 0.3) is 0 Å². The summed E-state index contributed by atoms with van der Waals surface area (Å²) < 4.78 is 0. The van der Waals surface area contributed by atoms with Gasteiger partial charge in [0.1, 0.15) is 0 Å². The summed E-state index contributed by atoms with van der Waals surface area (Å²) in [5, 5.41) is 0. The van der Waals surface area contributed by atoms with Gasteiger partial charge in [0, 0.05) is 17.1 Å². The molecule has 0 heterocycles. The Hall–Kier alpha value is -3.58. The molecule has 0 aromatic heterocycles. The Morgan fingerprint density at radius 2 is 0.667 bits per heavy atom. The zero-order valence-corrected chi connectivity index (χ0v) is 17.8. The third-order valence-electron chi connectivity index (χ3n) is 5.28. The second kappa shape index (κ2) is 8.84. The third kappa shape index (κ3) is 4.69. The highest BCUT2D eigenvalue weighted by Gasteiger charge is 2.11. The number of nitrogens with zero attached hydrogens (tertiary/aromatic N) is 1. The molecule has 148 valence electrons. The van der Waals surface area contributed by atoms with Crippen LogP contribution in [-0.2, 0) is 0 Å². The number of hydrogen-bond donors (Lipinski definition) is 0. The zero-order valence-electron chi connectivity index (χ0n) is 17.8. The van der Waals surface area contributed by atoms with Gasteiger partial charge < -0.3 is 4.90 Å². The maximum absolute atomic E-state index is 2.30. The van der Waals surface area contributed by atoms with Crippen LogP contribution in [-0.4, -0.2) is 0 Å². The number of benzene rings is 4. The molecule has 0 bridgehead atoms. The molecule has 1 nitrogen and oxygen atoms in total. The smallest absolute Gasteiger partial charge is 0.0462 e. The van der Waals surface area contributed by atoms with Crippen molar-refractivity contribution in [1.29, 1.82) is 0 Å². The van der Waals surface area contributed by atoms with Crippen LogP contribution in [0.4, 0.5) is 17.1 Å². The molecule has 0 atom stereocenters. The SMILES string of the molecule is Cc1ccc(/C=C/c2ccc(N(c3ccc(C)cc3)c3ccc(C)cc3)cc2)cc1. The molecule has 4 aromatic rings. The number of aryl methyl sites for hydroxylation is 3. The molecule has 0 aliphatic heterocycles. The van der Waals surface area contributed by atoms with Crippen molar-refractivity contribution in [1.82, 2.24) is 0 Å². The van der Waals surface area contributed by atoms with Crippen molar-refractivity contribution < 1.29 is 0 Å². The topological polar surface area (TPSA) is 3.24 Å². The Labute approximate surface area is 179 Å². The standard InChI is InChI=1S/C29H27N/c1-22-4-10-25(11-5-22)12-13-26-14-20-29(21-15-26)30(27-16-6-23(2)7-17-27)28-18-8-24(3)9-19-28/h4-21H,1-3H3/b13-12+. The van der Waals surface area contributed by atoms with Gasteiger partial charge in [0.2, 0.25) is 0 Å². The highest BCUT2D eigenvalue weighted by Crippen LogP contribution is 2.34. The molecule has 0 fully saturated rings. The highest BCUT2D eigenvalue weighted by molar-refractivity contribution is 5.78. The van der Waals surface area contributed by atoms with E-state index < -0.39 is 0 Å². The summed E-state index contributed by atoms with van der Waals surface area (Å²) in [5.74, 6) is 0. The lowest BCUT2D eigenvalue weighted by Crippen LogP contribution is -2.09. The molecule has 0 saturated carbocycles. The summed E-state index contributed by atoms with van der Waals surface area (Å²) in [6.45, 7) is 6.35. The molecule has 0 unspecified atom stereocenters. The van der Waals surface area contributed by atoms with Crippen LogP contribution in [0, 0.1) is 20.8 Å².